The molecular weight excluding hydrogens is 605 g/mol. The van der Waals surface area contributed by atoms with Crippen molar-refractivity contribution >= 4 is 47.9 Å². The minimum Gasteiger partial charge on any atom is -0.391 e. The summed E-state index contributed by atoms with van der Waals surface area (Å²) in [5.74, 6) is 0. The molecule has 0 saturated heterocycles. The Morgan fingerprint density at radius 3 is 1.15 bits per heavy atom. The molecular formula is C43H44N2O2Si. The maximum absolute atomic E-state index is 6.17. The Morgan fingerprint density at radius 1 is 0.458 bits per heavy atom. The second-order valence-corrected chi connectivity index (χ2v) is 15.1. The Morgan fingerprint density at radius 2 is 0.812 bits per heavy atom. The average Bonchev–Trinajstić information content (AvgIpc) is 3.12. The highest BCUT2D eigenvalue weighted by Crippen LogP contribution is 2.40. The lowest BCUT2D eigenvalue weighted by Crippen LogP contribution is -2.51. The normalized spacial score (nSPS) is 11.4. The number of para-hydroxylation sites is 3. The minimum atomic E-state index is -2.47. The number of anilines is 6. The molecule has 242 valence electrons. The van der Waals surface area contributed by atoms with E-state index in [-0.39, 0.29) is 0 Å². The van der Waals surface area contributed by atoms with Gasteiger partial charge in [-0.25, -0.2) is 0 Å². The van der Waals surface area contributed by atoms with E-state index in [1.807, 2.05) is 13.8 Å². The van der Waals surface area contributed by atoms with Gasteiger partial charge >= 0.3 is 8.56 Å². The van der Waals surface area contributed by atoms with Crippen LogP contribution >= 0.6 is 0 Å². The summed E-state index contributed by atoms with van der Waals surface area (Å²) in [4.78, 5) is 4.65. The summed E-state index contributed by atoms with van der Waals surface area (Å²) in [6.45, 7) is 11.8. The van der Waals surface area contributed by atoms with Crippen molar-refractivity contribution in [3.63, 3.8) is 0 Å². The van der Waals surface area contributed by atoms with E-state index in [0.29, 0.717) is 13.2 Å². The van der Waals surface area contributed by atoms with Crippen LogP contribution in [0.4, 0.5) is 34.1 Å². The van der Waals surface area contributed by atoms with Gasteiger partial charge in [-0.05, 0) is 134 Å². The molecule has 6 aromatic carbocycles. The second-order valence-electron chi connectivity index (χ2n) is 12.0. The van der Waals surface area contributed by atoms with Gasteiger partial charge in [0.1, 0.15) is 0 Å². The average molecular weight is 649 g/mol. The molecule has 0 unspecified atom stereocenters. The monoisotopic (exact) mass is 648 g/mol. The quantitative estimate of drug-likeness (QED) is 0.123. The minimum absolute atomic E-state index is 0.632. The highest BCUT2D eigenvalue weighted by atomic mass is 28.4. The topological polar surface area (TPSA) is 24.9 Å². The lowest BCUT2D eigenvalue weighted by Gasteiger charge is -2.29. The van der Waals surface area contributed by atoms with Crippen LogP contribution < -0.4 is 15.0 Å². The molecule has 6 rings (SSSR count). The van der Waals surface area contributed by atoms with Crippen molar-refractivity contribution in [1.82, 2.24) is 0 Å². The highest BCUT2D eigenvalue weighted by Gasteiger charge is 2.33. The van der Waals surface area contributed by atoms with Crippen molar-refractivity contribution in [1.29, 1.82) is 0 Å². The predicted molar refractivity (Wildman–Crippen MR) is 205 cm³/mol. The second kappa shape index (κ2) is 14.9. The van der Waals surface area contributed by atoms with Gasteiger partial charge in [0.15, 0.2) is 0 Å². The van der Waals surface area contributed by atoms with Gasteiger partial charge < -0.3 is 18.7 Å². The number of benzene rings is 6. The summed E-state index contributed by atoms with van der Waals surface area (Å²) >= 11 is 0. The van der Waals surface area contributed by atoms with Crippen LogP contribution in [0, 0.1) is 13.8 Å². The largest absolute Gasteiger partial charge is 0.391 e. The number of aryl methyl sites for hydroxylation is 2. The van der Waals surface area contributed by atoms with Crippen molar-refractivity contribution in [2.24, 2.45) is 0 Å². The number of rotatable bonds is 12. The first-order valence-corrected chi connectivity index (χ1v) is 19.1. The van der Waals surface area contributed by atoms with Gasteiger partial charge in [-0.2, -0.15) is 0 Å². The van der Waals surface area contributed by atoms with E-state index >= 15 is 0 Å². The van der Waals surface area contributed by atoms with Crippen molar-refractivity contribution in [2.75, 3.05) is 23.0 Å². The maximum atomic E-state index is 6.17. The third kappa shape index (κ3) is 6.99. The van der Waals surface area contributed by atoms with Crippen molar-refractivity contribution in [3.05, 3.63) is 163 Å². The van der Waals surface area contributed by atoms with E-state index in [1.165, 1.54) is 22.3 Å². The molecule has 0 radical (unpaired) electrons. The first-order valence-electron chi connectivity index (χ1n) is 16.8. The molecule has 6 aromatic rings. The molecule has 0 aliphatic heterocycles. The standard InChI is InChI=1S/C43H44N2O2Si/c1-6-46-48(5,47-7-2)41-27-25-40(26-28-41)45(39-21-15-10-16-22-39)43-30-24-36(32-34(43)4)35-23-29-42(33(3)31-35)44(37-17-11-8-12-18-37)38-19-13-9-14-20-38/h8-32H,6-7H2,1-5H3. The van der Waals surface area contributed by atoms with Gasteiger partial charge in [-0.1, -0.05) is 78.9 Å². The lowest BCUT2D eigenvalue weighted by atomic mass is 9.98. The number of nitrogens with zero attached hydrogens (tertiary/aromatic N) is 2. The first-order chi connectivity index (χ1) is 23.4. The van der Waals surface area contributed by atoms with Gasteiger partial charge in [0.25, 0.3) is 0 Å². The van der Waals surface area contributed by atoms with Gasteiger partial charge in [-0.15, -0.1) is 0 Å². The lowest BCUT2D eigenvalue weighted by molar-refractivity contribution is 0.202. The van der Waals surface area contributed by atoms with Crippen molar-refractivity contribution in [2.45, 2.75) is 34.2 Å². The molecule has 0 saturated carbocycles. The summed E-state index contributed by atoms with van der Waals surface area (Å²) in [6.07, 6.45) is 0. The van der Waals surface area contributed by atoms with E-state index < -0.39 is 8.56 Å². The molecule has 0 spiro atoms. The fourth-order valence-corrected chi connectivity index (χ4v) is 8.72. The molecule has 0 aliphatic carbocycles. The van der Waals surface area contributed by atoms with Crippen LogP contribution in [0.3, 0.4) is 0 Å². The smallest absolute Gasteiger partial charge is 0.369 e. The van der Waals surface area contributed by atoms with E-state index in [0.717, 1.165) is 39.3 Å². The Labute approximate surface area is 287 Å². The number of hydrogen-bond acceptors (Lipinski definition) is 4. The summed E-state index contributed by atoms with van der Waals surface area (Å²) in [5, 5.41) is 1.13. The zero-order valence-corrected chi connectivity index (χ0v) is 29.6. The summed E-state index contributed by atoms with van der Waals surface area (Å²) in [5.41, 5.74) is 11.6. The SMILES string of the molecule is CCO[Si](C)(OCC)c1ccc(N(c2ccccc2)c2ccc(-c3ccc(N(c4ccccc4)c4ccccc4)c(C)c3)cc2C)cc1. The van der Waals surface area contributed by atoms with E-state index in [9.17, 15) is 0 Å². The predicted octanol–water partition coefficient (Wildman–Crippen LogP) is 11.3. The van der Waals surface area contributed by atoms with E-state index in [2.05, 4.69) is 182 Å². The molecule has 0 aliphatic rings. The molecule has 5 heteroatoms. The zero-order valence-electron chi connectivity index (χ0n) is 28.6. The van der Waals surface area contributed by atoms with Crippen molar-refractivity contribution < 1.29 is 8.85 Å². The molecule has 0 aromatic heterocycles. The van der Waals surface area contributed by atoms with Crippen LogP contribution in [0.1, 0.15) is 25.0 Å². The fraction of sp³-hybridized carbons (Fsp3) is 0.163. The van der Waals surface area contributed by atoms with Gasteiger partial charge in [0.2, 0.25) is 0 Å². The third-order valence-electron chi connectivity index (χ3n) is 8.74. The molecule has 0 fully saturated rings. The molecule has 4 nitrogen and oxygen atoms in total. The molecule has 48 heavy (non-hydrogen) atoms. The molecule has 0 heterocycles. The highest BCUT2D eigenvalue weighted by molar-refractivity contribution is 6.80. The Balaban J connectivity index is 1.35. The van der Waals surface area contributed by atoms with Gasteiger partial charge in [-0.3, -0.25) is 0 Å². The van der Waals surface area contributed by atoms with Gasteiger partial charge in [0, 0.05) is 47.3 Å². The molecule has 0 bridgehead atoms. The zero-order chi connectivity index (χ0) is 33.5. The Bertz CT molecular complexity index is 1880. The number of hydrogen-bond donors (Lipinski definition) is 0. The molecule has 0 N–H and O–H groups in total. The third-order valence-corrected chi connectivity index (χ3v) is 11.8. The maximum Gasteiger partial charge on any atom is 0.369 e. The summed E-state index contributed by atoms with van der Waals surface area (Å²) in [6, 6.07) is 54.0. The van der Waals surface area contributed by atoms with Crippen LogP contribution in [-0.2, 0) is 8.85 Å². The van der Waals surface area contributed by atoms with Gasteiger partial charge in [0.05, 0.1) is 0 Å². The van der Waals surface area contributed by atoms with Crippen LogP contribution in [0.25, 0.3) is 11.1 Å². The van der Waals surface area contributed by atoms with E-state index in [1.54, 1.807) is 0 Å². The van der Waals surface area contributed by atoms with E-state index in [4.69, 9.17) is 8.85 Å². The summed E-state index contributed by atoms with van der Waals surface area (Å²) in [7, 11) is -2.47. The van der Waals surface area contributed by atoms with Crippen LogP contribution in [-0.4, -0.2) is 21.8 Å². The van der Waals surface area contributed by atoms with Crippen LogP contribution in [0.5, 0.6) is 0 Å². The van der Waals surface area contributed by atoms with Crippen LogP contribution in [0.2, 0.25) is 6.55 Å². The molecule has 0 amide bonds. The Kier molecular flexibility index (Phi) is 10.2. The first kappa shape index (κ1) is 33.0. The van der Waals surface area contributed by atoms with Crippen molar-refractivity contribution in [3.8, 4) is 11.1 Å². The Hall–Kier alpha value is -4.94. The fourth-order valence-electron chi connectivity index (χ4n) is 6.43. The summed E-state index contributed by atoms with van der Waals surface area (Å²) < 4.78 is 12.3. The van der Waals surface area contributed by atoms with Crippen LogP contribution in [0.15, 0.2) is 152 Å². The molecule has 0 atom stereocenters.